The van der Waals surface area contributed by atoms with Crippen LogP contribution in [-0.4, -0.2) is 33.0 Å². The van der Waals surface area contributed by atoms with E-state index in [1.165, 1.54) is 47.4 Å². The van der Waals surface area contributed by atoms with Gasteiger partial charge in [0.1, 0.15) is 11.6 Å². The second-order valence-corrected chi connectivity index (χ2v) is 8.65. The Morgan fingerprint density at radius 1 is 1.13 bits per heavy atom. The molecule has 5 nitrogen and oxygen atoms in total. The van der Waals surface area contributed by atoms with Crippen molar-refractivity contribution >= 4 is 44.4 Å². The maximum absolute atomic E-state index is 13.6. The van der Waals surface area contributed by atoms with Gasteiger partial charge in [0.25, 0.3) is 0 Å². The highest BCUT2D eigenvalue weighted by Crippen LogP contribution is 2.30. The number of halogens is 2. The van der Waals surface area contributed by atoms with E-state index in [1.54, 1.807) is 34.0 Å². The summed E-state index contributed by atoms with van der Waals surface area (Å²) < 4.78 is 29.0. The number of thiazole rings is 1. The number of benzene rings is 2. The molecule has 0 radical (unpaired) electrons. The standard InChI is InChI=1S/C21H18F2N4OS2/c22-15-2-5-17(6-3-15)29-13-8-20(28)27(12-11-26-10-1-9-24-26)21-25-18-7-4-16(23)14-19(18)30-21/h1-7,9-10,14H,8,11-13H2. The fourth-order valence-corrected chi connectivity index (χ4v) is 4.76. The molecule has 2 aromatic heterocycles. The van der Waals surface area contributed by atoms with Crippen LogP contribution >= 0.6 is 23.1 Å². The zero-order valence-electron chi connectivity index (χ0n) is 15.9. The van der Waals surface area contributed by atoms with Crippen molar-refractivity contribution in [2.75, 3.05) is 17.2 Å². The summed E-state index contributed by atoms with van der Waals surface area (Å²) in [6, 6.07) is 12.4. The van der Waals surface area contributed by atoms with Gasteiger partial charge in [-0.25, -0.2) is 13.8 Å². The van der Waals surface area contributed by atoms with Gasteiger partial charge in [-0.1, -0.05) is 11.3 Å². The summed E-state index contributed by atoms with van der Waals surface area (Å²) in [5.41, 5.74) is 0.661. The van der Waals surface area contributed by atoms with E-state index in [1.807, 2.05) is 12.3 Å². The van der Waals surface area contributed by atoms with Gasteiger partial charge in [0.2, 0.25) is 5.91 Å². The van der Waals surface area contributed by atoms with Crippen LogP contribution in [0.3, 0.4) is 0 Å². The maximum Gasteiger partial charge on any atom is 0.229 e. The summed E-state index contributed by atoms with van der Waals surface area (Å²) >= 11 is 2.79. The number of thioether (sulfide) groups is 1. The van der Waals surface area contributed by atoms with Crippen molar-refractivity contribution in [1.82, 2.24) is 14.8 Å². The molecule has 0 spiro atoms. The number of hydrogen-bond acceptors (Lipinski definition) is 5. The second kappa shape index (κ2) is 9.36. The lowest BCUT2D eigenvalue weighted by Crippen LogP contribution is -2.34. The Labute approximate surface area is 180 Å². The molecular formula is C21H18F2N4OS2. The average molecular weight is 445 g/mol. The van der Waals surface area contributed by atoms with Crippen LogP contribution in [0.25, 0.3) is 10.2 Å². The molecule has 0 aliphatic heterocycles. The molecule has 0 fully saturated rings. The predicted octanol–water partition coefficient (Wildman–Crippen LogP) is 4.99. The van der Waals surface area contributed by atoms with Crippen molar-refractivity contribution in [2.24, 2.45) is 0 Å². The van der Waals surface area contributed by atoms with Crippen molar-refractivity contribution in [3.8, 4) is 0 Å². The molecule has 1 amide bonds. The SMILES string of the molecule is O=C(CCSc1ccc(F)cc1)N(CCn1cccn1)c1nc2ccc(F)cc2s1. The lowest BCUT2D eigenvalue weighted by molar-refractivity contribution is -0.118. The lowest BCUT2D eigenvalue weighted by atomic mass is 10.3. The first-order valence-electron chi connectivity index (χ1n) is 9.31. The van der Waals surface area contributed by atoms with Crippen LogP contribution in [0.4, 0.5) is 13.9 Å². The molecule has 154 valence electrons. The van der Waals surface area contributed by atoms with Gasteiger partial charge in [0, 0.05) is 36.0 Å². The topological polar surface area (TPSA) is 51.0 Å². The molecule has 4 aromatic rings. The highest BCUT2D eigenvalue weighted by molar-refractivity contribution is 7.99. The molecule has 0 aliphatic carbocycles. The summed E-state index contributed by atoms with van der Waals surface area (Å²) in [5.74, 6) is -0.131. The minimum Gasteiger partial charge on any atom is -0.286 e. The van der Waals surface area contributed by atoms with E-state index in [4.69, 9.17) is 0 Å². The summed E-state index contributed by atoms with van der Waals surface area (Å²) in [4.78, 5) is 20.1. The molecule has 0 unspecified atom stereocenters. The minimum absolute atomic E-state index is 0.0729. The van der Waals surface area contributed by atoms with E-state index in [9.17, 15) is 13.6 Å². The summed E-state index contributed by atoms with van der Waals surface area (Å²) in [5, 5.41) is 4.72. The number of carbonyl (C=O) groups is 1. The monoisotopic (exact) mass is 444 g/mol. The number of hydrogen-bond donors (Lipinski definition) is 0. The number of fused-ring (bicyclic) bond motifs is 1. The summed E-state index contributed by atoms with van der Waals surface area (Å²) in [6.07, 6.45) is 3.82. The van der Waals surface area contributed by atoms with E-state index in [0.29, 0.717) is 40.6 Å². The number of anilines is 1. The smallest absolute Gasteiger partial charge is 0.229 e. The van der Waals surface area contributed by atoms with Gasteiger partial charge in [0.15, 0.2) is 5.13 Å². The average Bonchev–Trinajstić information content (AvgIpc) is 3.39. The maximum atomic E-state index is 13.6. The molecule has 0 aliphatic rings. The van der Waals surface area contributed by atoms with E-state index in [2.05, 4.69) is 10.1 Å². The quantitative estimate of drug-likeness (QED) is 0.360. The highest BCUT2D eigenvalue weighted by Gasteiger charge is 2.20. The number of amides is 1. The van der Waals surface area contributed by atoms with Crippen LogP contribution in [0.15, 0.2) is 65.8 Å². The van der Waals surface area contributed by atoms with Gasteiger partial charge in [-0.05, 0) is 48.5 Å². The Bertz CT molecular complexity index is 1130. The zero-order chi connectivity index (χ0) is 20.9. The lowest BCUT2D eigenvalue weighted by Gasteiger charge is -2.20. The normalized spacial score (nSPS) is 11.1. The largest absolute Gasteiger partial charge is 0.286 e. The van der Waals surface area contributed by atoms with Gasteiger partial charge in [-0.3, -0.25) is 14.4 Å². The fraction of sp³-hybridized carbons (Fsp3) is 0.190. The van der Waals surface area contributed by atoms with Crippen molar-refractivity contribution < 1.29 is 13.6 Å². The molecule has 0 saturated heterocycles. The molecule has 4 rings (SSSR count). The van der Waals surface area contributed by atoms with Gasteiger partial charge in [-0.2, -0.15) is 5.10 Å². The van der Waals surface area contributed by atoms with Crippen molar-refractivity contribution in [3.63, 3.8) is 0 Å². The highest BCUT2D eigenvalue weighted by atomic mass is 32.2. The van der Waals surface area contributed by atoms with Gasteiger partial charge in [-0.15, -0.1) is 11.8 Å². The van der Waals surface area contributed by atoms with Crippen LogP contribution in [0.2, 0.25) is 0 Å². The fourth-order valence-electron chi connectivity index (χ4n) is 2.89. The number of nitrogens with zero attached hydrogens (tertiary/aromatic N) is 4. The van der Waals surface area contributed by atoms with Crippen LogP contribution in [0.5, 0.6) is 0 Å². The van der Waals surface area contributed by atoms with E-state index in [-0.39, 0.29) is 17.5 Å². The first-order chi connectivity index (χ1) is 14.6. The molecule has 2 heterocycles. The van der Waals surface area contributed by atoms with Crippen molar-refractivity contribution in [3.05, 3.63) is 72.6 Å². The first kappa shape index (κ1) is 20.5. The summed E-state index contributed by atoms with van der Waals surface area (Å²) in [7, 11) is 0. The van der Waals surface area contributed by atoms with Crippen LogP contribution in [0, 0.1) is 11.6 Å². The molecule has 0 saturated carbocycles. The first-order valence-corrected chi connectivity index (χ1v) is 11.1. The number of aromatic nitrogens is 3. The third-order valence-electron chi connectivity index (χ3n) is 4.38. The molecule has 0 bridgehead atoms. The van der Waals surface area contributed by atoms with Crippen LogP contribution in [-0.2, 0) is 11.3 Å². The molecule has 30 heavy (non-hydrogen) atoms. The van der Waals surface area contributed by atoms with E-state index >= 15 is 0 Å². The minimum atomic E-state index is -0.331. The Kier molecular flexibility index (Phi) is 6.39. The van der Waals surface area contributed by atoms with Crippen molar-refractivity contribution in [1.29, 1.82) is 0 Å². The third-order valence-corrected chi connectivity index (χ3v) is 6.44. The molecule has 0 atom stereocenters. The molecule has 0 N–H and O–H groups in total. The van der Waals surface area contributed by atoms with Crippen LogP contribution < -0.4 is 4.90 Å². The van der Waals surface area contributed by atoms with Crippen LogP contribution in [0.1, 0.15) is 6.42 Å². The zero-order valence-corrected chi connectivity index (χ0v) is 17.5. The van der Waals surface area contributed by atoms with E-state index in [0.717, 1.165) is 4.90 Å². The van der Waals surface area contributed by atoms with Crippen molar-refractivity contribution in [2.45, 2.75) is 17.9 Å². The predicted molar refractivity (Wildman–Crippen MR) is 116 cm³/mol. The molecule has 2 aromatic carbocycles. The van der Waals surface area contributed by atoms with Gasteiger partial charge < -0.3 is 0 Å². The number of rotatable bonds is 8. The second-order valence-electron chi connectivity index (χ2n) is 6.48. The van der Waals surface area contributed by atoms with Gasteiger partial charge in [0.05, 0.1) is 16.8 Å². The Balaban J connectivity index is 1.47. The van der Waals surface area contributed by atoms with E-state index < -0.39 is 0 Å². The number of carbonyl (C=O) groups excluding carboxylic acids is 1. The summed E-state index contributed by atoms with van der Waals surface area (Å²) in [6.45, 7) is 0.929. The Morgan fingerprint density at radius 2 is 1.93 bits per heavy atom. The third kappa shape index (κ3) is 5.03. The molecule has 9 heteroatoms. The molecular weight excluding hydrogens is 426 g/mol. The Hall–Kier alpha value is -2.78. The Morgan fingerprint density at radius 3 is 2.70 bits per heavy atom. The van der Waals surface area contributed by atoms with Gasteiger partial charge >= 0.3 is 0 Å².